The van der Waals surface area contributed by atoms with E-state index in [1.807, 2.05) is 0 Å². The number of aromatic nitrogens is 1. The molecule has 1 aliphatic rings. The standard InChI is InChI=1S/C13H15F3N2O2/c14-13(15,16)8-5-6-10(17-7-8)12(20)18-9-3-1-2-4-11(9)19/h5-7,9,11,19H,1-4H2,(H,18,20)/t9-,11-/m0/s1. The number of carbonyl (C=O) groups is 1. The average molecular weight is 288 g/mol. The van der Waals surface area contributed by atoms with Gasteiger partial charge >= 0.3 is 6.18 Å². The smallest absolute Gasteiger partial charge is 0.391 e. The maximum absolute atomic E-state index is 12.4. The number of pyridine rings is 1. The van der Waals surface area contributed by atoms with Crippen LogP contribution in [0.2, 0.25) is 0 Å². The molecule has 1 aliphatic carbocycles. The van der Waals surface area contributed by atoms with Crippen molar-refractivity contribution >= 4 is 5.91 Å². The number of carbonyl (C=O) groups excluding carboxylic acids is 1. The van der Waals surface area contributed by atoms with E-state index in [1.54, 1.807) is 0 Å². The van der Waals surface area contributed by atoms with E-state index in [4.69, 9.17) is 0 Å². The Bertz CT molecular complexity index is 473. The molecule has 0 radical (unpaired) electrons. The third-order valence-corrected chi connectivity index (χ3v) is 3.37. The molecule has 2 rings (SSSR count). The van der Waals surface area contributed by atoms with Crippen LogP contribution in [-0.4, -0.2) is 28.1 Å². The van der Waals surface area contributed by atoms with E-state index in [-0.39, 0.29) is 11.7 Å². The van der Waals surface area contributed by atoms with Crippen LogP contribution in [0.5, 0.6) is 0 Å². The molecule has 0 bridgehead atoms. The van der Waals surface area contributed by atoms with Crippen molar-refractivity contribution in [3.8, 4) is 0 Å². The maximum atomic E-state index is 12.4. The number of hydrogen-bond donors (Lipinski definition) is 2. The Balaban J connectivity index is 2.02. The number of alkyl halides is 3. The zero-order valence-corrected chi connectivity index (χ0v) is 10.7. The number of rotatable bonds is 2. The highest BCUT2D eigenvalue weighted by Crippen LogP contribution is 2.28. The Morgan fingerprint density at radius 2 is 2.00 bits per heavy atom. The second-order valence-electron chi connectivity index (χ2n) is 4.86. The van der Waals surface area contributed by atoms with Crippen LogP contribution in [0, 0.1) is 0 Å². The minimum absolute atomic E-state index is 0.0872. The normalized spacial score (nSPS) is 23.4. The Morgan fingerprint density at radius 3 is 2.55 bits per heavy atom. The lowest BCUT2D eigenvalue weighted by atomic mass is 9.92. The summed E-state index contributed by atoms with van der Waals surface area (Å²) in [5.41, 5.74) is -0.984. The predicted octanol–water partition coefficient (Wildman–Crippen LogP) is 2.13. The van der Waals surface area contributed by atoms with Gasteiger partial charge in [-0.05, 0) is 25.0 Å². The third-order valence-electron chi connectivity index (χ3n) is 3.37. The SMILES string of the molecule is O=C(N[C@H]1CCCC[C@@H]1O)c1ccc(C(F)(F)F)cn1. The van der Waals surface area contributed by atoms with Crippen LogP contribution in [0.25, 0.3) is 0 Å². The van der Waals surface area contributed by atoms with Gasteiger partial charge in [-0.25, -0.2) is 0 Å². The molecule has 1 aromatic rings. The summed E-state index contributed by atoms with van der Waals surface area (Å²) >= 11 is 0. The molecule has 20 heavy (non-hydrogen) atoms. The van der Waals surface area contributed by atoms with Crippen molar-refractivity contribution in [1.29, 1.82) is 0 Å². The third kappa shape index (κ3) is 3.47. The van der Waals surface area contributed by atoms with Crippen molar-refractivity contribution in [3.05, 3.63) is 29.6 Å². The molecule has 7 heteroatoms. The first-order valence-corrected chi connectivity index (χ1v) is 6.40. The van der Waals surface area contributed by atoms with Crippen molar-refractivity contribution < 1.29 is 23.1 Å². The maximum Gasteiger partial charge on any atom is 0.417 e. The molecule has 2 atom stereocenters. The number of halogens is 3. The minimum Gasteiger partial charge on any atom is -0.391 e. The minimum atomic E-state index is -4.47. The second kappa shape index (κ2) is 5.78. The molecule has 1 heterocycles. The Morgan fingerprint density at radius 1 is 1.30 bits per heavy atom. The number of aliphatic hydroxyl groups excluding tert-OH is 1. The quantitative estimate of drug-likeness (QED) is 0.876. The number of nitrogens with zero attached hydrogens (tertiary/aromatic N) is 1. The molecular weight excluding hydrogens is 273 g/mol. The average Bonchev–Trinajstić information content (AvgIpc) is 2.40. The van der Waals surface area contributed by atoms with Gasteiger partial charge in [0.25, 0.3) is 5.91 Å². The highest BCUT2D eigenvalue weighted by molar-refractivity contribution is 5.92. The number of hydrogen-bond acceptors (Lipinski definition) is 3. The highest BCUT2D eigenvalue weighted by atomic mass is 19.4. The van der Waals surface area contributed by atoms with E-state index in [0.717, 1.165) is 25.0 Å². The van der Waals surface area contributed by atoms with Crippen LogP contribution in [0.4, 0.5) is 13.2 Å². The van der Waals surface area contributed by atoms with E-state index < -0.39 is 23.8 Å². The van der Waals surface area contributed by atoms with Crippen molar-refractivity contribution in [2.24, 2.45) is 0 Å². The van der Waals surface area contributed by atoms with Gasteiger partial charge in [0.1, 0.15) is 5.69 Å². The predicted molar refractivity (Wildman–Crippen MR) is 65.0 cm³/mol. The Hall–Kier alpha value is -1.63. The summed E-state index contributed by atoms with van der Waals surface area (Å²) in [6.07, 6.45) is -1.36. The Labute approximate surface area is 114 Å². The summed E-state index contributed by atoms with van der Waals surface area (Å²) in [5, 5.41) is 12.3. The summed E-state index contributed by atoms with van der Waals surface area (Å²) in [5.74, 6) is -0.565. The molecule has 0 aromatic carbocycles. The van der Waals surface area contributed by atoms with Crippen LogP contribution in [0.1, 0.15) is 41.7 Å². The van der Waals surface area contributed by atoms with Gasteiger partial charge in [0.15, 0.2) is 0 Å². The topological polar surface area (TPSA) is 62.2 Å². The van der Waals surface area contributed by atoms with Gasteiger partial charge in [0, 0.05) is 6.20 Å². The molecule has 1 amide bonds. The lowest BCUT2D eigenvalue weighted by molar-refractivity contribution is -0.137. The van der Waals surface area contributed by atoms with Crippen LogP contribution >= 0.6 is 0 Å². The molecule has 110 valence electrons. The van der Waals surface area contributed by atoms with Crippen molar-refractivity contribution in [2.45, 2.75) is 44.0 Å². The summed E-state index contributed by atoms with van der Waals surface area (Å²) in [4.78, 5) is 15.4. The van der Waals surface area contributed by atoms with Crippen LogP contribution < -0.4 is 5.32 Å². The zero-order chi connectivity index (χ0) is 14.8. The van der Waals surface area contributed by atoms with E-state index in [2.05, 4.69) is 10.3 Å². The molecule has 1 aromatic heterocycles. The summed E-state index contributed by atoms with van der Waals surface area (Å²) in [7, 11) is 0. The van der Waals surface area contributed by atoms with Gasteiger partial charge in [0.05, 0.1) is 17.7 Å². The lowest BCUT2D eigenvalue weighted by Crippen LogP contribution is -2.45. The first-order valence-electron chi connectivity index (χ1n) is 6.40. The molecule has 2 N–H and O–H groups in total. The van der Waals surface area contributed by atoms with E-state index in [0.29, 0.717) is 19.0 Å². The molecule has 1 saturated carbocycles. The summed E-state index contributed by atoms with van der Waals surface area (Å²) < 4.78 is 37.1. The molecule has 0 saturated heterocycles. The highest BCUT2D eigenvalue weighted by Gasteiger charge is 2.31. The van der Waals surface area contributed by atoms with Gasteiger partial charge in [-0.3, -0.25) is 9.78 Å². The molecule has 1 fully saturated rings. The van der Waals surface area contributed by atoms with Crippen LogP contribution in [0.3, 0.4) is 0 Å². The molecule has 0 spiro atoms. The van der Waals surface area contributed by atoms with Gasteiger partial charge < -0.3 is 10.4 Å². The second-order valence-corrected chi connectivity index (χ2v) is 4.86. The van der Waals surface area contributed by atoms with Crippen molar-refractivity contribution in [2.75, 3.05) is 0 Å². The first kappa shape index (κ1) is 14.8. The van der Waals surface area contributed by atoms with Crippen LogP contribution in [0.15, 0.2) is 18.3 Å². The first-order chi connectivity index (χ1) is 9.38. The van der Waals surface area contributed by atoms with Crippen molar-refractivity contribution in [1.82, 2.24) is 10.3 Å². The van der Waals surface area contributed by atoms with Crippen LogP contribution in [-0.2, 0) is 6.18 Å². The molecule has 4 nitrogen and oxygen atoms in total. The van der Waals surface area contributed by atoms with E-state index >= 15 is 0 Å². The fourth-order valence-electron chi connectivity index (χ4n) is 2.22. The Kier molecular flexibility index (Phi) is 4.27. The molecular formula is C13H15F3N2O2. The van der Waals surface area contributed by atoms with E-state index in [1.165, 1.54) is 0 Å². The zero-order valence-electron chi connectivity index (χ0n) is 10.7. The monoisotopic (exact) mass is 288 g/mol. The van der Waals surface area contributed by atoms with Gasteiger partial charge in [-0.1, -0.05) is 12.8 Å². The number of amides is 1. The molecule has 0 aliphatic heterocycles. The van der Waals surface area contributed by atoms with E-state index in [9.17, 15) is 23.1 Å². The van der Waals surface area contributed by atoms with Gasteiger partial charge in [0.2, 0.25) is 0 Å². The fourth-order valence-corrected chi connectivity index (χ4v) is 2.22. The van der Waals surface area contributed by atoms with Gasteiger partial charge in [-0.2, -0.15) is 13.2 Å². The number of aliphatic hydroxyl groups is 1. The van der Waals surface area contributed by atoms with Crippen molar-refractivity contribution in [3.63, 3.8) is 0 Å². The summed E-state index contributed by atoms with van der Waals surface area (Å²) in [6, 6.07) is 1.49. The lowest BCUT2D eigenvalue weighted by Gasteiger charge is -2.28. The summed E-state index contributed by atoms with van der Waals surface area (Å²) in [6.45, 7) is 0. The fraction of sp³-hybridized carbons (Fsp3) is 0.538. The number of nitrogens with one attached hydrogen (secondary N) is 1. The largest absolute Gasteiger partial charge is 0.417 e. The van der Waals surface area contributed by atoms with Gasteiger partial charge in [-0.15, -0.1) is 0 Å². The molecule has 0 unspecified atom stereocenters.